The second-order valence-electron chi connectivity index (χ2n) is 4.15. The normalized spacial score (nSPS) is 11.7. The topological polar surface area (TPSA) is 56.8 Å². The van der Waals surface area contributed by atoms with E-state index < -0.39 is 0 Å². The Morgan fingerprint density at radius 2 is 1.75 bits per heavy atom. The summed E-state index contributed by atoms with van der Waals surface area (Å²) in [6.07, 6.45) is 0.849. The molecule has 0 bridgehead atoms. The van der Waals surface area contributed by atoms with Crippen LogP contribution in [0.4, 0.5) is 0 Å². The van der Waals surface area contributed by atoms with Crippen molar-refractivity contribution in [1.29, 1.82) is 0 Å². The van der Waals surface area contributed by atoms with E-state index in [1.165, 1.54) is 21.3 Å². The number of alkyl halides is 1. The van der Waals surface area contributed by atoms with Crippen molar-refractivity contribution in [3.63, 3.8) is 0 Å². The van der Waals surface area contributed by atoms with Crippen LogP contribution in [-0.2, 0) is 0 Å². The van der Waals surface area contributed by atoms with Crippen molar-refractivity contribution in [3.8, 4) is 17.2 Å². The fraction of sp³-hybridized carbons (Fsp3) is 0.500. The van der Waals surface area contributed by atoms with Gasteiger partial charge in [-0.3, -0.25) is 4.79 Å². The summed E-state index contributed by atoms with van der Waals surface area (Å²) in [4.78, 5) is 12.2. The second-order valence-corrected chi connectivity index (χ2v) is 4.79. The number of amides is 1. The number of benzene rings is 1. The van der Waals surface area contributed by atoms with E-state index in [4.69, 9.17) is 14.2 Å². The predicted molar refractivity (Wildman–Crippen MR) is 81.4 cm³/mol. The maximum absolute atomic E-state index is 12.2. The lowest BCUT2D eigenvalue weighted by atomic mass is 10.1. The monoisotopic (exact) mass is 345 g/mol. The van der Waals surface area contributed by atoms with Crippen LogP contribution in [-0.4, -0.2) is 38.6 Å². The highest BCUT2D eigenvalue weighted by molar-refractivity contribution is 9.09. The maximum Gasteiger partial charge on any atom is 0.251 e. The first kappa shape index (κ1) is 16.6. The van der Waals surface area contributed by atoms with Crippen molar-refractivity contribution in [1.82, 2.24) is 5.32 Å². The van der Waals surface area contributed by atoms with Crippen LogP contribution >= 0.6 is 15.9 Å². The van der Waals surface area contributed by atoms with E-state index in [0.29, 0.717) is 28.1 Å². The Bertz CT molecular complexity index is 435. The van der Waals surface area contributed by atoms with E-state index in [1.54, 1.807) is 12.1 Å². The first-order valence-corrected chi connectivity index (χ1v) is 7.40. The highest BCUT2D eigenvalue weighted by Crippen LogP contribution is 2.38. The van der Waals surface area contributed by atoms with E-state index in [2.05, 4.69) is 21.2 Å². The number of carbonyl (C=O) groups excluding carboxylic acids is 1. The van der Waals surface area contributed by atoms with E-state index in [-0.39, 0.29) is 11.9 Å². The molecule has 1 rings (SSSR count). The largest absolute Gasteiger partial charge is 0.493 e. The van der Waals surface area contributed by atoms with Gasteiger partial charge in [-0.05, 0) is 18.6 Å². The average molecular weight is 346 g/mol. The van der Waals surface area contributed by atoms with Crippen LogP contribution in [0.3, 0.4) is 0 Å². The molecule has 0 fully saturated rings. The SMILES string of the molecule is CCC(CBr)NC(=O)c1cc(OC)c(OC)c(OC)c1. The number of rotatable bonds is 7. The summed E-state index contributed by atoms with van der Waals surface area (Å²) in [5.41, 5.74) is 0.471. The van der Waals surface area contributed by atoms with Gasteiger partial charge in [0.2, 0.25) is 5.75 Å². The molecule has 0 spiro atoms. The van der Waals surface area contributed by atoms with Crippen LogP contribution in [0.25, 0.3) is 0 Å². The number of methoxy groups -OCH3 is 3. The molecule has 20 heavy (non-hydrogen) atoms. The number of halogens is 1. The number of hydrogen-bond acceptors (Lipinski definition) is 4. The summed E-state index contributed by atoms with van der Waals surface area (Å²) in [7, 11) is 4.57. The van der Waals surface area contributed by atoms with Gasteiger partial charge < -0.3 is 19.5 Å². The van der Waals surface area contributed by atoms with Crippen LogP contribution in [0.15, 0.2) is 12.1 Å². The molecular weight excluding hydrogens is 326 g/mol. The van der Waals surface area contributed by atoms with Gasteiger partial charge >= 0.3 is 0 Å². The van der Waals surface area contributed by atoms with Crippen molar-refractivity contribution in [3.05, 3.63) is 17.7 Å². The highest BCUT2D eigenvalue weighted by Gasteiger charge is 2.18. The maximum atomic E-state index is 12.2. The third kappa shape index (κ3) is 3.79. The molecule has 0 radical (unpaired) electrons. The molecule has 1 amide bonds. The lowest BCUT2D eigenvalue weighted by molar-refractivity contribution is 0.0939. The molecule has 1 N–H and O–H groups in total. The molecule has 1 unspecified atom stereocenters. The van der Waals surface area contributed by atoms with E-state index in [9.17, 15) is 4.79 Å². The molecule has 1 aromatic rings. The lowest BCUT2D eigenvalue weighted by Crippen LogP contribution is -2.35. The molecule has 0 saturated carbocycles. The fourth-order valence-electron chi connectivity index (χ4n) is 1.73. The van der Waals surface area contributed by atoms with Gasteiger partial charge in [-0.25, -0.2) is 0 Å². The Labute approximate surface area is 127 Å². The van der Waals surface area contributed by atoms with Crippen LogP contribution in [0, 0.1) is 0 Å². The number of ether oxygens (including phenoxy) is 3. The minimum absolute atomic E-state index is 0.0848. The minimum atomic E-state index is -0.171. The van der Waals surface area contributed by atoms with Crippen molar-refractivity contribution >= 4 is 21.8 Å². The van der Waals surface area contributed by atoms with Crippen LogP contribution < -0.4 is 19.5 Å². The summed E-state index contributed by atoms with van der Waals surface area (Å²) >= 11 is 3.37. The van der Waals surface area contributed by atoms with E-state index >= 15 is 0 Å². The van der Waals surface area contributed by atoms with Gasteiger partial charge in [-0.1, -0.05) is 22.9 Å². The Hall–Kier alpha value is -1.43. The van der Waals surface area contributed by atoms with Crippen LogP contribution in [0.5, 0.6) is 17.2 Å². The molecule has 112 valence electrons. The third-order valence-electron chi connectivity index (χ3n) is 2.94. The Kier molecular flexibility index (Phi) is 6.64. The highest BCUT2D eigenvalue weighted by atomic mass is 79.9. The molecule has 1 aromatic carbocycles. The third-order valence-corrected chi connectivity index (χ3v) is 3.72. The molecule has 0 aliphatic heterocycles. The summed E-state index contributed by atoms with van der Waals surface area (Å²) < 4.78 is 15.7. The first-order valence-electron chi connectivity index (χ1n) is 6.28. The van der Waals surface area contributed by atoms with Gasteiger partial charge in [0.05, 0.1) is 21.3 Å². The standard InChI is InChI=1S/C14H20BrNO4/c1-5-10(8-15)16-14(17)9-6-11(18-2)13(20-4)12(7-9)19-3/h6-7,10H,5,8H2,1-4H3,(H,16,17). The molecule has 0 aliphatic rings. The number of hydrogen-bond donors (Lipinski definition) is 1. The van der Waals surface area contributed by atoms with Crippen molar-refractivity contribution in [2.45, 2.75) is 19.4 Å². The van der Waals surface area contributed by atoms with E-state index in [0.717, 1.165) is 6.42 Å². The number of nitrogens with one attached hydrogen (secondary N) is 1. The summed E-state index contributed by atoms with van der Waals surface area (Å²) in [5, 5.41) is 3.64. The Balaban J connectivity index is 3.09. The van der Waals surface area contributed by atoms with Gasteiger partial charge in [-0.2, -0.15) is 0 Å². The smallest absolute Gasteiger partial charge is 0.251 e. The predicted octanol–water partition coefficient (Wildman–Crippen LogP) is 2.62. The van der Waals surface area contributed by atoms with Gasteiger partial charge in [0.15, 0.2) is 11.5 Å². The molecule has 0 heterocycles. The van der Waals surface area contributed by atoms with Crippen molar-refractivity contribution in [2.75, 3.05) is 26.7 Å². The van der Waals surface area contributed by atoms with Gasteiger partial charge in [0.1, 0.15) is 0 Å². The lowest BCUT2D eigenvalue weighted by Gasteiger charge is -2.16. The molecule has 0 aliphatic carbocycles. The van der Waals surface area contributed by atoms with Crippen LogP contribution in [0.1, 0.15) is 23.7 Å². The summed E-state index contributed by atoms with van der Waals surface area (Å²) in [6.45, 7) is 2.02. The zero-order valence-corrected chi connectivity index (χ0v) is 13.7. The molecule has 1 atom stereocenters. The average Bonchev–Trinajstić information content (AvgIpc) is 2.50. The van der Waals surface area contributed by atoms with Gasteiger partial charge in [0.25, 0.3) is 5.91 Å². The zero-order valence-electron chi connectivity index (χ0n) is 12.2. The molecule has 5 nitrogen and oxygen atoms in total. The zero-order chi connectivity index (χ0) is 15.1. The van der Waals surface area contributed by atoms with Gasteiger partial charge in [-0.15, -0.1) is 0 Å². The molecule has 6 heteroatoms. The Morgan fingerprint density at radius 1 is 1.20 bits per heavy atom. The summed E-state index contributed by atoms with van der Waals surface area (Å²) in [6, 6.07) is 3.36. The minimum Gasteiger partial charge on any atom is -0.493 e. The molecule has 0 saturated heterocycles. The van der Waals surface area contributed by atoms with Gasteiger partial charge in [0, 0.05) is 16.9 Å². The first-order chi connectivity index (χ1) is 9.60. The molecule has 0 aromatic heterocycles. The fourth-order valence-corrected chi connectivity index (χ4v) is 2.35. The van der Waals surface area contributed by atoms with Crippen LogP contribution in [0.2, 0.25) is 0 Å². The molecular formula is C14H20BrNO4. The number of carbonyl (C=O) groups is 1. The van der Waals surface area contributed by atoms with Crippen molar-refractivity contribution in [2.24, 2.45) is 0 Å². The Morgan fingerprint density at radius 3 is 2.10 bits per heavy atom. The summed E-state index contributed by atoms with van der Waals surface area (Å²) in [5.74, 6) is 1.22. The quantitative estimate of drug-likeness (QED) is 0.771. The van der Waals surface area contributed by atoms with E-state index in [1.807, 2.05) is 6.92 Å². The van der Waals surface area contributed by atoms with Crippen molar-refractivity contribution < 1.29 is 19.0 Å². The second kappa shape index (κ2) is 7.99.